The van der Waals surface area contributed by atoms with Crippen LogP contribution in [0.2, 0.25) is 0 Å². The number of anilines is 1. The van der Waals surface area contributed by atoms with E-state index in [0.29, 0.717) is 16.8 Å². The van der Waals surface area contributed by atoms with Crippen LogP contribution in [0.1, 0.15) is 29.5 Å². The molecule has 2 aromatic carbocycles. The highest BCUT2D eigenvalue weighted by atomic mass is 19.1. The summed E-state index contributed by atoms with van der Waals surface area (Å²) in [5.74, 6) is -1.64. The van der Waals surface area contributed by atoms with Crippen LogP contribution in [0.5, 0.6) is 0 Å². The van der Waals surface area contributed by atoms with Gasteiger partial charge in [0.2, 0.25) is 0 Å². The Hall–Kier alpha value is -3.94. The summed E-state index contributed by atoms with van der Waals surface area (Å²) in [7, 11) is 2.93. The third kappa shape index (κ3) is 3.43. The SMILES string of the molecule is CCOC(=O)C1=C(c2ccccc2)Nc2c(c(=O)n(C)c(=O)n2C)C1c1ccc(F)cc1. The second-order valence-corrected chi connectivity index (χ2v) is 7.45. The van der Waals surface area contributed by atoms with E-state index in [1.807, 2.05) is 30.3 Å². The van der Waals surface area contributed by atoms with Crippen LogP contribution in [0.15, 0.2) is 69.8 Å². The van der Waals surface area contributed by atoms with Gasteiger partial charge in [-0.25, -0.2) is 14.0 Å². The van der Waals surface area contributed by atoms with Gasteiger partial charge in [-0.3, -0.25) is 13.9 Å². The van der Waals surface area contributed by atoms with E-state index in [1.165, 1.54) is 35.9 Å². The smallest absolute Gasteiger partial charge is 0.337 e. The Morgan fingerprint density at radius 1 is 1.03 bits per heavy atom. The molecular formula is C24H22FN3O4. The van der Waals surface area contributed by atoms with Crippen LogP contribution in [-0.2, 0) is 23.6 Å². The minimum Gasteiger partial charge on any atom is -0.463 e. The normalized spacial score (nSPS) is 15.2. The van der Waals surface area contributed by atoms with Gasteiger partial charge in [-0.15, -0.1) is 0 Å². The number of benzene rings is 2. The lowest BCUT2D eigenvalue weighted by Gasteiger charge is -2.32. The van der Waals surface area contributed by atoms with E-state index in [2.05, 4.69) is 5.32 Å². The van der Waals surface area contributed by atoms with Gasteiger partial charge in [-0.2, -0.15) is 0 Å². The van der Waals surface area contributed by atoms with Crippen molar-refractivity contribution in [1.82, 2.24) is 9.13 Å². The van der Waals surface area contributed by atoms with Crippen LogP contribution in [0, 0.1) is 5.82 Å². The van der Waals surface area contributed by atoms with Crippen molar-refractivity contribution < 1.29 is 13.9 Å². The predicted molar refractivity (Wildman–Crippen MR) is 119 cm³/mol. The predicted octanol–water partition coefficient (Wildman–Crippen LogP) is 2.75. The maximum atomic E-state index is 13.7. The van der Waals surface area contributed by atoms with E-state index < -0.39 is 29.0 Å². The number of halogens is 1. The number of nitrogens with zero attached hydrogens (tertiary/aromatic N) is 2. The molecule has 0 spiro atoms. The fraction of sp³-hybridized carbons (Fsp3) is 0.208. The van der Waals surface area contributed by atoms with Gasteiger partial charge >= 0.3 is 11.7 Å². The van der Waals surface area contributed by atoms with E-state index in [-0.39, 0.29) is 23.6 Å². The second kappa shape index (κ2) is 8.30. The maximum absolute atomic E-state index is 13.7. The van der Waals surface area contributed by atoms with Crippen LogP contribution >= 0.6 is 0 Å². The van der Waals surface area contributed by atoms with Gasteiger partial charge in [-0.1, -0.05) is 42.5 Å². The minimum absolute atomic E-state index is 0.138. The van der Waals surface area contributed by atoms with Crippen LogP contribution in [0.25, 0.3) is 5.70 Å². The molecule has 1 aliphatic rings. The molecule has 3 aromatic rings. The van der Waals surface area contributed by atoms with Crippen molar-refractivity contribution >= 4 is 17.5 Å². The highest BCUT2D eigenvalue weighted by Crippen LogP contribution is 2.42. The second-order valence-electron chi connectivity index (χ2n) is 7.45. The van der Waals surface area contributed by atoms with Crippen molar-refractivity contribution in [2.45, 2.75) is 12.8 Å². The molecule has 32 heavy (non-hydrogen) atoms. The molecule has 0 fully saturated rings. The first-order valence-corrected chi connectivity index (χ1v) is 10.1. The molecule has 1 atom stereocenters. The van der Waals surface area contributed by atoms with Crippen LogP contribution in [0.3, 0.4) is 0 Å². The maximum Gasteiger partial charge on any atom is 0.337 e. The standard InChI is InChI=1S/C24H22FN3O4/c1-4-32-23(30)18-17(14-10-12-16(25)13-11-14)19-21(27(2)24(31)28(3)22(19)29)26-20(18)15-8-6-5-7-9-15/h5-13,17,26H,4H2,1-3H3. The number of hydrogen-bond acceptors (Lipinski definition) is 5. The summed E-state index contributed by atoms with van der Waals surface area (Å²) in [6.07, 6.45) is 0. The number of ether oxygens (including phenoxy) is 1. The number of hydrogen-bond donors (Lipinski definition) is 1. The Labute approximate surface area is 183 Å². The summed E-state index contributed by atoms with van der Waals surface area (Å²) >= 11 is 0. The number of rotatable bonds is 4. The zero-order chi connectivity index (χ0) is 23.0. The van der Waals surface area contributed by atoms with E-state index in [4.69, 9.17) is 4.74 Å². The quantitative estimate of drug-likeness (QED) is 0.638. The summed E-state index contributed by atoms with van der Waals surface area (Å²) in [5.41, 5.74) is 1.01. The van der Waals surface area contributed by atoms with Gasteiger partial charge in [-0.05, 0) is 30.2 Å². The van der Waals surface area contributed by atoms with Crippen molar-refractivity contribution in [3.05, 3.63) is 104 Å². The number of fused-ring (bicyclic) bond motifs is 1. The number of esters is 1. The highest BCUT2D eigenvalue weighted by molar-refractivity contribution is 6.04. The molecule has 4 rings (SSSR count). The molecule has 0 bridgehead atoms. The molecular weight excluding hydrogens is 413 g/mol. The zero-order valence-corrected chi connectivity index (χ0v) is 17.9. The lowest BCUT2D eigenvalue weighted by Crippen LogP contribution is -2.43. The molecule has 1 N–H and O–H groups in total. The van der Waals surface area contributed by atoms with Crippen molar-refractivity contribution in [2.24, 2.45) is 14.1 Å². The topological polar surface area (TPSA) is 82.3 Å². The lowest BCUT2D eigenvalue weighted by atomic mass is 9.81. The molecule has 2 heterocycles. The summed E-state index contributed by atoms with van der Waals surface area (Å²) in [5, 5.41) is 3.15. The monoisotopic (exact) mass is 435 g/mol. The number of carbonyl (C=O) groups excluding carboxylic acids is 1. The minimum atomic E-state index is -0.869. The molecule has 0 saturated heterocycles. The third-order valence-corrected chi connectivity index (χ3v) is 5.55. The third-order valence-electron chi connectivity index (χ3n) is 5.55. The molecule has 0 saturated carbocycles. The first-order valence-electron chi connectivity index (χ1n) is 10.1. The first-order chi connectivity index (χ1) is 15.3. The average Bonchev–Trinajstić information content (AvgIpc) is 2.81. The van der Waals surface area contributed by atoms with Gasteiger partial charge in [0.1, 0.15) is 11.6 Å². The van der Waals surface area contributed by atoms with Gasteiger partial charge in [0, 0.05) is 14.1 Å². The Bertz CT molecular complexity index is 1340. The summed E-state index contributed by atoms with van der Waals surface area (Å²) in [6, 6.07) is 14.7. The Kier molecular flexibility index (Phi) is 5.52. The summed E-state index contributed by atoms with van der Waals surface area (Å²) in [4.78, 5) is 39.1. The van der Waals surface area contributed by atoms with E-state index >= 15 is 0 Å². The molecule has 1 unspecified atom stereocenters. The molecule has 0 amide bonds. The summed E-state index contributed by atoms with van der Waals surface area (Å²) in [6.45, 7) is 1.83. The largest absolute Gasteiger partial charge is 0.463 e. The van der Waals surface area contributed by atoms with E-state index in [9.17, 15) is 18.8 Å². The average molecular weight is 435 g/mol. The van der Waals surface area contributed by atoms with Gasteiger partial charge in [0.15, 0.2) is 0 Å². The number of carbonyl (C=O) groups is 1. The number of nitrogens with one attached hydrogen (secondary N) is 1. The molecule has 0 radical (unpaired) electrons. The van der Waals surface area contributed by atoms with Crippen molar-refractivity contribution in [1.29, 1.82) is 0 Å². The van der Waals surface area contributed by atoms with Gasteiger partial charge in [0.05, 0.1) is 29.4 Å². The first kappa shape index (κ1) is 21.3. The summed E-state index contributed by atoms with van der Waals surface area (Å²) < 4.78 is 21.4. The van der Waals surface area contributed by atoms with Crippen molar-refractivity contribution in [2.75, 3.05) is 11.9 Å². The van der Waals surface area contributed by atoms with E-state index in [0.717, 1.165) is 4.57 Å². The van der Waals surface area contributed by atoms with Crippen LogP contribution < -0.4 is 16.6 Å². The lowest BCUT2D eigenvalue weighted by molar-refractivity contribution is -0.138. The zero-order valence-electron chi connectivity index (χ0n) is 17.9. The van der Waals surface area contributed by atoms with Gasteiger partial charge < -0.3 is 10.1 Å². The van der Waals surface area contributed by atoms with E-state index in [1.54, 1.807) is 14.0 Å². The molecule has 1 aliphatic heterocycles. The van der Waals surface area contributed by atoms with Crippen molar-refractivity contribution in [3.63, 3.8) is 0 Å². The Balaban J connectivity index is 2.13. The fourth-order valence-electron chi connectivity index (χ4n) is 4.01. The van der Waals surface area contributed by atoms with Crippen LogP contribution in [0.4, 0.5) is 10.2 Å². The Morgan fingerprint density at radius 2 is 1.69 bits per heavy atom. The number of aromatic nitrogens is 2. The van der Waals surface area contributed by atoms with Crippen LogP contribution in [-0.4, -0.2) is 21.7 Å². The molecule has 1 aromatic heterocycles. The fourth-order valence-corrected chi connectivity index (χ4v) is 4.01. The molecule has 164 valence electrons. The van der Waals surface area contributed by atoms with Gasteiger partial charge in [0.25, 0.3) is 5.56 Å². The molecule has 8 heteroatoms. The Morgan fingerprint density at radius 3 is 2.31 bits per heavy atom. The highest BCUT2D eigenvalue weighted by Gasteiger charge is 2.38. The molecule has 0 aliphatic carbocycles. The van der Waals surface area contributed by atoms with Crippen molar-refractivity contribution in [3.8, 4) is 0 Å². The molecule has 7 nitrogen and oxygen atoms in total.